The molecule has 0 atom stereocenters. The molecule has 0 spiro atoms. The quantitative estimate of drug-likeness (QED) is 0.716. The Morgan fingerprint density at radius 2 is 2.20 bits per heavy atom. The second-order valence-electron chi connectivity index (χ2n) is 3.28. The fourth-order valence-electron chi connectivity index (χ4n) is 1.48. The second-order valence-corrected chi connectivity index (χ2v) is 3.28. The fraction of sp³-hybridized carbons (Fsp3) is 0.222. The highest BCUT2D eigenvalue weighted by Crippen LogP contribution is 2.09. The van der Waals surface area contributed by atoms with Crippen molar-refractivity contribution in [2.24, 2.45) is 7.05 Å². The van der Waals surface area contributed by atoms with Gasteiger partial charge in [0.1, 0.15) is 5.56 Å². The van der Waals surface area contributed by atoms with Crippen LogP contribution in [0.1, 0.15) is 16.1 Å². The summed E-state index contributed by atoms with van der Waals surface area (Å²) in [4.78, 5) is 22.4. The van der Waals surface area contributed by atoms with Crippen molar-refractivity contribution in [3.8, 4) is 0 Å². The summed E-state index contributed by atoms with van der Waals surface area (Å²) in [7, 11) is 1.69. The van der Waals surface area contributed by atoms with Gasteiger partial charge in [-0.15, -0.1) is 0 Å². The van der Waals surface area contributed by atoms with E-state index in [4.69, 9.17) is 5.11 Å². The first-order chi connectivity index (χ1) is 7.02. The average Bonchev–Trinajstić information content (AvgIpc) is 2.58. The maximum atomic E-state index is 11.5. The summed E-state index contributed by atoms with van der Waals surface area (Å²) in [5.74, 6) is -1.09. The molecule has 0 amide bonds. The number of carboxylic acid groups (broad SMARTS) is 1. The van der Waals surface area contributed by atoms with Crippen LogP contribution in [-0.2, 0) is 7.05 Å². The summed E-state index contributed by atoms with van der Waals surface area (Å²) in [5.41, 5.74) is 0.689. The lowest BCUT2D eigenvalue weighted by Gasteiger charge is -2.06. The third-order valence-corrected chi connectivity index (χ3v) is 2.36. The van der Waals surface area contributed by atoms with Crippen LogP contribution in [-0.4, -0.2) is 25.3 Å². The van der Waals surface area contributed by atoms with Gasteiger partial charge in [0.25, 0.3) is 5.56 Å². The Hall–Kier alpha value is -2.11. The zero-order chi connectivity index (χ0) is 11.2. The molecular weight excluding hydrogens is 198 g/mol. The molecule has 1 N–H and O–H groups in total. The third-order valence-electron chi connectivity index (χ3n) is 2.36. The number of aromatic nitrogens is 3. The van der Waals surface area contributed by atoms with Crippen LogP contribution >= 0.6 is 0 Å². The lowest BCUT2D eigenvalue weighted by Crippen LogP contribution is -2.19. The Labute approximate surface area is 84.4 Å². The van der Waals surface area contributed by atoms with Gasteiger partial charge in [-0.05, 0) is 6.92 Å². The standard InChI is InChI=1S/C9H9N3O3/c1-5-3-7(13)12-8(11(5)2)6(4-10-12)9(14)15/h3-4H,1-2H3,(H,14,15). The van der Waals surface area contributed by atoms with E-state index < -0.39 is 5.97 Å². The van der Waals surface area contributed by atoms with Gasteiger partial charge in [0.2, 0.25) is 0 Å². The molecule has 6 nitrogen and oxygen atoms in total. The van der Waals surface area contributed by atoms with Gasteiger partial charge >= 0.3 is 5.97 Å². The van der Waals surface area contributed by atoms with Crippen molar-refractivity contribution in [3.63, 3.8) is 0 Å². The number of aromatic carboxylic acids is 1. The van der Waals surface area contributed by atoms with E-state index in [2.05, 4.69) is 5.10 Å². The number of aryl methyl sites for hydroxylation is 2. The largest absolute Gasteiger partial charge is 0.477 e. The van der Waals surface area contributed by atoms with Crippen molar-refractivity contribution in [2.45, 2.75) is 6.92 Å². The minimum atomic E-state index is -1.09. The van der Waals surface area contributed by atoms with Crippen LogP contribution in [0.4, 0.5) is 0 Å². The molecule has 0 unspecified atom stereocenters. The first-order valence-corrected chi connectivity index (χ1v) is 4.30. The number of hydrogen-bond donors (Lipinski definition) is 1. The molecule has 0 aliphatic rings. The smallest absolute Gasteiger partial charge is 0.341 e. The summed E-state index contributed by atoms with van der Waals surface area (Å²) >= 11 is 0. The summed E-state index contributed by atoms with van der Waals surface area (Å²) in [6.45, 7) is 1.74. The Morgan fingerprint density at radius 3 is 2.80 bits per heavy atom. The van der Waals surface area contributed by atoms with Crippen molar-refractivity contribution in [1.29, 1.82) is 0 Å². The predicted molar refractivity (Wildman–Crippen MR) is 52.1 cm³/mol. The summed E-state index contributed by atoms with van der Waals surface area (Å²) in [5, 5.41) is 12.7. The predicted octanol–water partition coefficient (Wildman–Crippen LogP) is 0.0396. The fourth-order valence-corrected chi connectivity index (χ4v) is 1.48. The molecule has 0 radical (unpaired) electrons. The zero-order valence-corrected chi connectivity index (χ0v) is 8.26. The average molecular weight is 207 g/mol. The summed E-state index contributed by atoms with van der Waals surface area (Å²) in [6.07, 6.45) is 1.18. The van der Waals surface area contributed by atoms with E-state index in [-0.39, 0.29) is 11.1 Å². The minimum Gasteiger partial charge on any atom is -0.477 e. The molecule has 0 aliphatic carbocycles. The number of nitrogens with zero attached hydrogens (tertiary/aromatic N) is 3. The van der Waals surface area contributed by atoms with Gasteiger partial charge in [-0.2, -0.15) is 9.61 Å². The number of carboxylic acids is 1. The Balaban J connectivity index is 3.02. The number of fused-ring (bicyclic) bond motifs is 1. The van der Waals surface area contributed by atoms with Crippen LogP contribution in [0.2, 0.25) is 0 Å². The number of hydrogen-bond acceptors (Lipinski definition) is 3. The van der Waals surface area contributed by atoms with Gasteiger partial charge in [-0.3, -0.25) is 4.79 Å². The maximum Gasteiger partial charge on any atom is 0.341 e. The first-order valence-electron chi connectivity index (χ1n) is 4.30. The van der Waals surface area contributed by atoms with Crippen LogP contribution in [0.3, 0.4) is 0 Å². The topological polar surface area (TPSA) is 76.6 Å². The molecule has 2 aromatic heterocycles. The van der Waals surface area contributed by atoms with E-state index in [1.165, 1.54) is 12.3 Å². The van der Waals surface area contributed by atoms with Crippen molar-refractivity contribution in [2.75, 3.05) is 0 Å². The Bertz CT molecular complexity index is 609. The molecule has 2 rings (SSSR count). The highest BCUT2D eigenvalue weighted by molar-refractivity contribution is 5.94. The monoisotopic (exact) mass is 207 g/mol. The second kappa shape index (κ2) is 2.94. The van der Waals surface area contributed by atoms with Gasteiger partial charge in [-0.1, -0.05) is 0 Å². The van der Waals surface area contributed by atoms with Crippen LogP contribution < -0.4 is 5.56 Å². The van der Waals surface area contributed by atoms with Gasteiger partial charge < -0.3 is 9.67 Å². The van der Waals surface area contributed by atoms with E-state index in [1.807, 2.05) is 0 Å². The van der Waals surface area contributed by atoms with Crippen LogP contribution in [0.5, 0.6) is 0 Å². The maximum absolute atomic E-state index is 11.5. The molecule has 0 saturated heterocycles. The minimum absolute atomic E-state index is 0.0262. The SMILES string of the molecule is Cc1cc(=O)n2ncc(C(=O)O)c2n1C. The molecular formula is C9H9N3O3. The van der Waals surface area contributed by atoms with Gasteiger partial charge in [0, 0.05) is 18.8 Å². The highest BCUT2D eigenvalue weighted by Gasteiger charge is 2.15. The van der Waals surface area contributed by atoms with E-state index in [1.54, 1.807) is 18.5 Å². The number of carbonyl (C=O) groups is 1. The summed E-state index contributed by atoms with van der Waals surface area (Å²) in [6, 6.07) is 1.41. The highest BCUT2D eigenvalue weighted by atomic mass is 16.4. The van der Waals surface area contributed by atoms with Crippen LogP contribution in [0.25, 0.3) is 5.65 Å². The summed E-state index contributed by atoms with van der Waals surface area (Å²) < 4.78 is 2.70. The molecule has 6 heteroatoms. The van der Waals surface area contributed by atoms with Crippen molar-refractivity contribution >= 4 is 11.6 Å². The molecule has 0 saturated carbocycles. The molecule has 0 bridgehead atoms. The van der Waals surface area contributed by atoms with Crippen molar-refractivity contribution in [3.05, 3.63) is 33.9 Å². The lowest BCUT2D eigenvalue weighted by molar-refractivity contribution is 0.0698. The van der Waals surface area contributed by atoms with Gasteiger partial charge in [0.15, 0.2) is 5.65 Å². The molecule has 0 aromatic carbocycles. The van der Waals surface area contributed by atoms with Gasteiger partial charge in [0.05, 0.1) is 6.20 Å². The normalized spacial score (nSPS) is 10.8. The van der Waals surface area contributed by atoms with Crippen LogP contribution in [0.15, 0.2) is 17.1 Å². The first kappa shape index (κ1) is 9.45. The van der Waals surface area contributed by atoms with E-state index >= 15 is 0 Å². The zero-order valence-electron chi connectivity index (χ0n) is 8.26. The van der Waals surface area contributed by atoms with E-state index in [9.17, 15) is 9.59 Å². The molecule has 78 valence electrons. The molecule has 2 heterocycles. The van der Waals surface area contributed by atoms with E-state index in [0.29, 0.717) is 11.3 Å². The van der Waals surface area contributed by atoms with Crippen molar-refractivity contribution in [1.82, 2.24) is 14.2 Å². The molecule has 15 heavy (non-hydrogen) atoms. The van der Waals surface area contributed by atoms with Crippen molar-refractivity contribution < 1.29 is 9.90 Å². The third kappa shape index (κ3) is 1.22. The van der Waals surface area contributed by atoms with Gasteiger partial charge in [-0.25, -0.2) is 4.79 Å². The van der Waals surface area contributed by atoms with E-state index in [0.717, 1.165) is 4.52 Å². The Kier molecular flexibility index (Phi) is 1.85. The molecule has 2 aromatic rings. The number of rotatable bonds is 1. The van der Waals surface area contributed by atoms with Crippen LogP contribution in [0, 0.1) is 6.92 Å². The molecule has 0 fully saturated rings. The lowest BCUT2D eigenvalue weighted by atomic mass is 10.3. The Morgan fingerprint density at radius 1 is 1.53 bits per heavy atom. The molecule has 0 aliphatic heterocycles.